The minimum Gasteiger partial charge on any atom is -0.474 e. The summed E-state index contributed by atoms with van der Waals surface area (Å²) in [5.41, 5.74) is 0. The van der Waals surface area contributed by atoms with Gasteiger partial charge in [-0.1, -0.05) is 0 Å². The predicted octanol–water partition coefficient (Wildman–Crippen LogP) is 2.64. The van der Waals surface area contributed by atoms with Crippen LogP contribution < -0.4 is 4.74 Å². The average molecular weight is 285 g/mol. The van der Waals surface area contributed by atoms with Crippen LogP contribution in [0.5, 0.6) is 5.75 Å². The maximum Gasteiger partial charge on any atom is 0.501 e. The van der Waals surface area contributed by atoms with Crippen LogP contribution in [-0.4, -0.2) is 17.2 Å². The number of hydrogen-bond acceptors (Lipinski definition) is 2. The van der Waals surface area contributed by atoms with Gasteiger partial charge < -0.3 is 9.84 Å². The summed E-state index contributed by atoms with van der Waals surface area (Å²) in [6.07, 6.45) is -4.37. The van der Waals surface area contributed by atoms with Gasteiger partial charge in [0.15, 0.2) is 0 Å². The van der Waals surface area contributed by atoms with Crippen molar-refractivity contribution in [3.8, 4) is 5.75 Å². The monoisotopic (exact) mass is 284 g/mol. The SMILES string of the molecule is O=C(O)C(F)(F)Oc1ccc(Br)c(F)c1. The van der Waals surface area contributed by atoms with E-state index in [4.69, 9.17) is 5.11 Å². The Kier molecular flexibility index (Phi) is 3.23. The molecule has 0 aliphatic carbocycles. The van der Waals surface area contributed by atoms with E-state index in [1.54, 1.807) is 0 Å². The molecule has 82 valence electrons. The van der Waals surface area contributed by atoms with Gasteiger partial charge in [0, 0.05) is 6.07 Å². The number of aliphatic carboxylic acids is 1. The van der Waals surface area contributed by atoms with Gasteiger partial charge in [0.25, 0.3) is 0 Å². The third-order valence-corrected chi connectivity index (χ3v) is 2.03. The number of halogens is 4. The summed E-state index contributed by atoms with van der Waals surface area (Å²) in [5, 5.41) is 8.05. The molecule has 3 nitrogen and oxygen atoms in total. The normalized spacial score (nSPS) is 11.2. The average Bonchev–Trinajstić information content (AvgIpc) is 2.10. The Balaban J connectivity index is 2.91. The van der Waals surface area contributed by atoms with Crippen molar-refractivity contribution < 1.29 is 27.8 Å². The Morgan fingerprint density at radius 3 is 2.53 bits per heavy atom. The van der Waals surface area contributed by atoms with Crippen molar-refractivity contribution in [1.82, 2.24) is 0 Å². The first-order valence-electron chi connectivity index (χ1n) is 3.58. The zero-order valence-electron chi connectivity index (χ0n) is 7.01. The summed E-state index contributed by atoms with van der Waals surface area (Å²) in [6, 6.07) is 2.80. The molecule has 0 atom stereocenters. The number of carboxylic acid groups (broad SMARTS) is 1. The van der Waals surface area contributed by atoms with Crippen LogP contribution in [0.25, 0.3) is 0 Å². The molecular formula is C8H4BrF3O3. The number of benzene rings is 1. The summed E-state index contributed by atoms with van der Waals surface area (Å²) in [6.45, 7) is 0. The van der Waals surface area contributed by atoms with Crippen molar-refractivity contribution in [3.05, 3.63) is 28.5 Å². The molecule has 0 saturated carbocycles. The van der Waals surface area contributed by atoms with Gasteiger partial charge in [0.2, 0.25) is 0 Å². The summed E-state index contributed by atoms with van der Waals surface area (Å²) in [7, 11) is 0. The second-order valence-corrected chi connectivity index (χ2v) is 3.35. The molecule has 0 aliphatic heterocycles. The second-order valence-electron chi connectivity index (χ2n) is 2.50. The number of ether oxygens (including phenoxy) is 1. The van der Waals surface area contributed by atoms with E-state index in [0.29, 0.717) is 6.07 Å². The highest BCUT2D eigenvalue weighted by atomic mass is 79.9. The zero-order valence-corrected chi connectivity index (χ0v) is 8.59. The summed E-state index contributed by atoms with van der Waals surface area (Å²) in [5.74, 6) is -3.83. The van der Waals surface area contributed by atoms with Gasteiger partial charge >= 0.3 is 12.1 Å². The number of alkyl halides is 2. The molecule has 7 heteroatoms. The van der Waals surface area contributed by atoms with Crippen molar-refractivity contribution >= 4 is 21.9 Å². The highest BCUT2D eigenvalue weighted by Gasteiger charge is 2.42. The van der Waals surface area contributed by atoms with Crippen LogP contribution in [0.15, 0.2) is 22.7 Å². The van der Waals surface area contributed by atoms with Gasteiger partial charge in [-0.3, -0.25) is 0 Å². The molecule has 0 heterocycles. The van der Waals surface area contributed by atoms with E-state index >= 15 is 0 Å². The first-order valence-corrected chi connectivity index (χ1v) is 4.37. The molecule has 1 N–H and O–H groups in total. The van der Waals surface area contributed by atoms with Crippen LogP contribution >= 0.6 is 15.9 Å². The van der Waals surface area contributed by atoms with Crippen LogP contribution in [0.4, 0.5) is 13.2 Å². The Bertz CT molecular complexity index is 395. The lowest BCUT2D eigenvalue weighted by atomic mass is 10.3. The van der Waals surface area contributed by atoms with Crippen molar-refractivity contribution in [1.29, 1.82) is 0 Å². The van der Waals surface area contributed by atoms with Gasteiger partial charge in [-0.25, -0.2) is 9.18 Å². The smallest absolute Gasteiger partial charge is 0.474 e. The van der Waals surface area contributed by atoms with Crippen molar-refractivity contribution in [2.75, 3.05) is 0 Å². The lowest BCUT2D eigenvalue weighted by Gasteiger charge is -2.13. The molecule has 15 heavy (non-hydrogen) atoms. The fraction of sp³-hybridized carbons (Fsp3) is 0.125. The molecule has 1 aromatic carbocycles. The Morgan fingerprint density at radius 2 is 2.07 bits per heavy atom. The quantitative estimate of drug-likeness (QED) is 0.928. The molecule has 0 amide bonds. The molecule has 0 aromatic heterocycles. The molecule has 0 radical (unpaired) electrons. The van der Waals surface area contributed by atoms with E-state index in [1.807, 2.05) is 0 Å². The van der Waals surface area contributed by atoms with Gasteiger partial charge in [-0.2, -0.15) is 8.78 Å². The van der Waals surface area contributed by atoms with Crippen LogP contribution in [0.1, 0.15) is 0 Å². The van der Waals surface area contributed by atoms with E-state index in [9.17, 15) is 18.0 Å². The fourth-order valence-electron chi connectivity index (χ4n) is 0.732. The molecule has 0 aliphatic rings. The van der Waals surface area contributed by atoms with Crippen LogP contribution in [0.3, 0.4) is 0 Å². The van der Waals surface area contributed by atoms with E-state index in [-0.39, 0.29) is 4.47 Å². The Hall–Kier alpha value is -1.24. The third kappa shape index (κ3) is 2.85. The number of rotatable bonds is 3. The van der Waals surface area contributed by atoms with Crippen LogP contribution in [-0.2, 0) is 4.79 Å². The number of carboxylic acids is 1. The number of carbonyl (C=O) groups is 1. The molecule has 0 spiro atoms. The maximum atomic E-state index is 12.8. The third-order valence-electron chi connectivity index (χ3n) is 1.39. The molecular weight excluding hydrogens is 281 g/mol. The molecule has 0 unspecified atom stereocenters. The topological polar surface area (TPSA) is 46.5 Å². The van der Waals surface area contributed by atoms with Gasteiger partial charge in [-0.15, -0.1) is 0 Å². The van der Waals surface area contributed by atoms with Gasteiger partial charge in [-0.05, 0) is 28.1 Å². The first-order chi connectivity index (χ1) is 6.83. The van der Waals surface area contributed by atoms with E-state index < -0.39 is 23.6 Å². The lowest BCUT2D eigenvalue weighted by Crippen LogP contribution is -2.34. The number of hydrogen-bond donors (Lipinski definition) is 1. The highest BCUT2D eigenvalue weighted by Crippen LogP contribution is 2.25. The summed E-state index contributed by atoms with van der Waals surface area (Å²) < 4.78 is 41.7. The van der Waals surface area contributed by atoms with Crippen molar-refractivity contribution in [2.24, 2.45) is 0 Å². The standard InChI is InChI=1S/C8H4BrF3O3/c9-5-2-1-4(3-6(5)10)15-8(11,12)7(13)14/h1-3H,(H,13,14). The molecule has 0 saturated heterocycles. The zero-order chi connectivity index (χ0) is 11.6. The van der Waals surface area contributed by atoms with Crippen LogP contribution in [0.2, 0.25) is 0 Å². The largest absolute Gasteiger partial charge is 0.501 e. The van der Waals surface area contributed by atoms with Crippen LogP contribution in [0, 0.1) is 5.82 Å². The highest BCUT2D eigenvalue weighted by molar-refractivity contribution is 9.10. The Labute approximate surface area is 90.6 Å². The summed E-state index contributed by atoms with van der Waals surface area (Å²) >= 11 is 2.80. The Morgan fingerprint density at radius 1 is 1.47 bits per heavy atom. The maximum absolute atomic E-state index is 12.8. The van der Waals surface area contributed by atoms with Gasteiger partial charge in [0.1, 0.15) is 11.6 Å². The predicted molar refractivity (Wildman–Crippen MR) is 47.3 cm³/mol. The summed E-state index contributed by atoms with van der Waals surface area (Å²) in [4.78, 5) is 10.00. The minimum atomic E-state index is -4.37. The van der Waals surface area contributed by atoms with Gasteiger partial charge in [0.05, 0.1) is 4.47 Å². The molecule has 0 bridgehead atoms. The first kappa shape index (κ1) is 11.8. The van der Waals surface area contributed by atoms with Crippen molar-refractivity contribution in [2.45, 2.75) is 6.11 Å². The van der Waals surface area contributed by atoms with E-state index in [1.165, 1.54) is 0 Å². The molecule has 1 rings (SSSR count). The molecule has 1 aromatic rings. The lowest BCUT2D eigenvalue weighted by molar-refractivity contribution is -0.210. The van der Waals surface area contributed by atoms with E-state index in [0.717, 1.165) is 12.1 Å². The van der Waals surface area contributed by atoms with Crippen molar-refractivity contribution in [3.63, 3.8) is 0 Å². The molecule has 0 fully saturated rings. The second kappa shape index (κ2) is 4.09. The minimum absolute atomic E-state index is 0.0634. The fourth-order valence-corrected chi connectivity index (χ4v) is 0.979. The van der Waals surface area contributed by atoms with E-state index in [2.05, 4.69) is 20.7 Å².